The van der Waals surface area contributed by atoms with Crippen molar-refractivity contribution in [3.05, 3.63) is 30.3 Å². The second-order valence-corrected chi connectivity index (χ2v) is 16.1. The van der Waals surface area contributed by atoms with Gasteiger partial charge in [-0.3, -0.25) is 19.6 Å². The fraction of sp³-hybridized carbons (Fsp3) is 0.300. The number of alkyl halides is 2. The van der Waals surface area contributed by atoms with E-state index in [-0.39, 0.29) is 5.91 Å². The number of carbonyl (C=O) groups excluding carboxylic acids is 1. The van der Waals surface area contributed by atoms with Gasteiger partial charge in [-0.1, -0.05) is 70.3 Å². The number of benzene rings is 1. The fourth-order valence-corrected chi connectivity index (χ4v) is 5.45. The lowest BCUT2D eigenvalue weighted by Gasteiger charge is -2.32. The summed E-state index contributed by atoms with van der Waals surface area (Å²) in [5.41, 5.74) is -2.79. The monoisotopic (exact) mass is 557 g/mol. The Labute approximate surface area is 153 Å². The van der Waals surface area contributed by atoms with Crippen LogP contribution in [0.1, 0.15) is 13.3 Å². The van der Waals surface area contributed by atoms with E-state index in [1.165, 1.54) is 4.67 Å². The van der Waals surface area contributed by atoms with Crippen molar-refractivity contribution in [2.45, 2.75) is 14.8 Å². The van der Waals surface area contributed by atoms with Crippen molar-refractivity contribution in [2.24, 2.45) is 10.3 Å². The first-order valence-corrected chi connectivity index (χ1v) is 12.3. The first kappa shape index (κ1) is 19.0. The second kappa shape index (κ2) is 8.02. The lowest BCUT2D eigenvalue weighted by Crippen LogP contribution is -2.38. The summed E-state index contributed by atoms with van der Waals surface area (Å²) in [4.78, 5) is 12.8. The maximum atomic E-state index is 12.8. The van der Waals surface area contributed by atoms with Crippen LogP contribution < -0.4 is 14.9 Å². The molecule has 0 atom stereocenters. The van der Waals surface area contributed by atoms with Crippen LogP contribution >= 0.6 is 74.0 Å². The lowest BCUT2D eigenvalue weighted by molar-refractivity contribution is -0.117. The number of hydrogen-bond acceptors (Lipinski definition) is 6. The van der Waals surface area contributed by atoms with Crippen molar-refractivity contribution in [3.63, 3.8) is 0 Å². The van der Waals surface area contributed by atoms with Crippen LogP contribution in [-0.2, 0) is 9.36 Å². The van der Waals surface area contributed by atoms with Gasteiger partial charge < -0.3 is 0 Å². The molecule has 112 valence electrons. The molecule has 0 radical (unpaired) electrons. The molecule has 0 aromatic heterocycles. The molecule has 20 heavy (non-hydrogen) atoms. The third-order valence-corrected chi connectivity index (χ3v) is 10.5. The van der Waals surface area contributed by atoms with Crippen LogP contribution in [0, 0.1) is 0 Å². The highest BCUT2D eigenvalue weighted by Crippen LogP contribution is 2.68. The first-order chi connectivity index (χ1) is 9.32. The van der Waals surface area contributed by atoms with Crippen LogP contribution in [0.5, 0.6) is 0 Å². The van der Waals surface area contributed by atoms with Crippen LogP contribution in [0.15, 0.2) is 30.3 Å². The van der Waals surface area contributed by atoms with E-state index in [4.69, 9.17) is 10.3 Å². The number of nitrogens with zero attached hydrogens (tertiary/aromatic N) is 1. The van der Waals surface area contributed by atoms with Crippen LogP contribution in [-0.4, -0.2) is 7.34 Å². The van der Waals surface area contributed by atoms with Gasteiger partial charge in [0, 0.05) is 23.1 Å². The molecule has 0 bridgehead atoms. The molecule has 0 heterocycles. The summed E-state index contributed by atoms with van der Waals surface area (Å²) < 4.78 is 13.4. The molecule has 0 aliphatic carbocycles. The third kappa shape index (κ3) is 4.26. The van der Waals surface area contributed by atoms with Gasteiger partial charge in [-0.05, 0) is 18.6 Å². The molecule has 0 saturated carbocycles. The number of hydrogen-bond donors (Lipinski definition) is 2. The molecule has 1 aromatic rings. The van der Waals surface area contributed by atoms with Gasteiger partial charge in [0.2, 0.25) is 0 Å². The SMILES string of the molecule is CCC(I)(I)C(=O)N(c1ccccc1)P(=O)(SN)SN. The summed E-state index contributed by atoms with van der Waals surface area (Å²) in [5, 5.41) is 11.1. The molecule has 0 fully saturated rings. The van der Waals surface area contributed by atoms with Crippen molar-refractivity contribution < 1.29 is 9.36 Å². The zero-order valence-electron chi connectivity index (χ0n) is 10.5. The highest BCUT2D eigenvalue weighted by Gasteiger charge is 2.44. The molecule has 10 heteroatoms. The standard InChI is InChI=1S/C10H14I2N3O2PS2/c1-2-10(11,12)9(16)15(18(17,19-13)20-14)8-6-4-3-5-7-8/h3-7H,2,13-14H2,1H3. The Morgan fingerprint density at radius 3 is 2.20 bits per heavy atom. The van der Waals surface area contributed by atoms with Crippen LogP contribution in [0.25, 0.3) is 0 Å². The zero-order chi connectivity index (χ0) is 15.4. The minimum Gasteiger partial charge on any atom is -0.273 e. The van der Waals surface area contributed by atoms with Gasteiger partial charge in [-0.15, -0.1) is 0 Å². The van der Waals surface area contributed by atoms with E-state index in [2.05, 4.69) is 45.2 Å². The van der Waals surface area contributed by atoms with Crippen molar-refractivity contribution in [1.29, 1.82) is 0 Å². The third-order valence-electron chi connectivity index (χ3n) is 2.46. The lowest BCUT2D eigenvalue weighted by atomic mass is 10.3. The van der Waals surface area contributed by atoms with Crippen LogP contribution in [0.4, 0.5) is 5.69 Å². The van der Waals surface area contributed by atoms with Gasteiger partial charge in [0.15, 0.2) is 1.43 Å². The van der Waals surface area contributed by atoms with Gasteiger partial charge in [-0.25, -0.2) is 4.67 Å². The molecule has 1 aromatic carbocycles. The fourth-order valence-electron chi connectivity index (χ4n) is 1.36. The second-order valence-electron chi connectivity index (χ2n) is 3.69. The molecule has 1 amide bonds. The molecule has 0 unspecified atom stereocenters. The summed E-state index contributed by atoms with van der Waals surface area (Å²) in [6, 6.07) is 8.81. The Bertz CT molecular complexity index is 510. The Kier molecular flexibility index (Phi) is 7.64. The highest BCUT2D eigenvalue weighted by atomic mass is 127. The van der Waals surface area contributed by atoms with Gasteiger partial charge in [0.1, 0.15) is 0 Å². The molecular formula is C10H14I2N3O2PS2. The molecule has 0 spiro atoms. The van der Waals surface area contributed by atoms with Crippen molar-refractivity contribution in [2.75, 3.05) is 4.67 Å². The number of nitrogens with two attached hydrogens (primary N) is 2. The first-order valence-electron chi connectivity index (χ1n) is 5.47. The maximum absolute atomic E-state index is 12.8. The van der Waals surface area contributed by atoms with E-state index in [0.29, 0.717) is 35.2 Å². The smallest absolute Gasteiger partial charge is 0.273 e. The average molecular weight is 557 g/mol. The topological polar surface area (TPSA) is 89.4 Å². The Hall–Kier alpha value is 1.00. The summed E-state index contributed by atoms with van der Waals surface area (Å²) in [5.74, 6) is -0.272. The maximum Gasteiger partial charge on any atom is 0.315 e. The van der Waals surface area contributed by atoms with Crippen LogP contribution in [0.3, 0.4) is 0 Å². The van der Waals surface area contributed by atoms with Crippen molar-refractivity contribution >= 4 is 85.6 Å². The molecule has 5 nitrogen and oxygen atoms in total. The molecule has 4 N–H and O–H groups in total. The summed E-state index contributed by atoms with van der Waals surface area (Å²) in [6.07, 6.45) is 0.598. The number of amides is 1. The molecule has 0 saturated heterocycles. The number of anilines is 1. The molecule has 0 aliphatic heterocycles. The van der Waals surface area contributed by atoms with E-state index in [1.54, 1.807) is 24.3 Å². The van der Waals surface area contributed by atoms with E-state index in [0.717, 1.165) is 0 Å². The normalized spacial score (nSPS) is 12.2. The highest BCUT2D eigenvalue weighted by molar-refractivity contribution is 14.2. The minimum absolute atomic E-state index is 0.272. The van der Waals surface area contributed by atoms with Crippen molar-refractivity contribution in [3.8, 4) is 0 Å². The summed E-state index contributed by atoms with van der Waals surface area (Å²) >= 11 is 5.35. The van der Waals surface area contributed by atoms with Crippen molar-refractivity contribution in [1.82, 2.24) is 0 Å². The average Bonchev–Trinajstić information content (AvgIpc) is 2.48. The number of halogens is 2. The zero-order valence-corrected chi connectivity index (χ0v) is 17.4. The van der Waals surface area contributed by atoms with Gasteiger partial charge in [0.25, 0.3) is 5.91 Å². The summed E-state index contributed by atoms with van der Waals surface area (Å²) in [6.45, 7) is 1.90. The number of para-hydroxylation sites is 1. The Morgan fingerprint density at radius 1 is 1.30 bits per heavy atom. The van der Waals surface area contributed by atoms with E-state index in [1.807, 2.05) is 13.0 Å². The quantitative estimate of drug-likeness (QED) is 0.235. The minimum atomic E-state index is -3.32. The molecular weight excluding hydrogens is 543 g/mol. The number of carbonyl (C=O) groups is 1. The predicted molar refractivity (Wildman–Crippen MR) is 106 cm³/mol. The molecule has 0 aliphatic rings. The largest absolute Gasteiger partial charge is 0.315 e. The van der Waals surface area contributed by atoms with E-state index in [9.17, 15) is 9.36 Å². The van der Waals surface area contributed by atoms with Gasteiger partial charge in [-0.2, -0.15) is 0 Å². The van der Waals surface area contributed by atoms with Gasteiger partial charge >= 0.3 is 5.70 Å². The van der Waals surface area contributed by atoms with E-state index >= 15 is 0 Å². The molecule has 1 rings (SSSR count). The van der Waals surface area contributed by atoms with E-state index < -0.39 is 7.12 Å². The predicted octanol–water partition coefficient (Wildman–Crippen LogP) is 4.32. The number of rotatable bonds is 6. The van der Waals surface area contributed by atoms with Gasteiger partial charge in [0.05, 0.1) is 5.69 Å². The summed E-state index contributed by atoms with van der Waals surface area (Å²) in [7, 11) is 0. The van der Waals surface area contributed by atoms with Crippen LogP contribution in [0.2, 0.25) is 0 Å². The Morgan fingerprint density at radius 2 is 1.80 bits per heavy atom. The Balaban J connectivity index is 3.37.